The van der Waals surface area contributed by atoms with Crippen LogP contribution >= 0.6 is 0 Å². The molecule has 0 atom stereocenters. The van der Waals surface area contributed by atoms with Crippen LogP contribution in [0, 0.1) is 0 Å². The Bertz CT molecular complexity index is 42.1. The summed E-state index contributed by atoms with van der Waals surface area (Å²) in [7, 11) is 0. The Morgan fingerprint density at radius 3 is 1.86 bits per heavy atom. The lowest BCUT2D eigenvalue weighted by molar-refractivity contribution is 0.645. The molecule has 7 heavy (non-hydrogen) atoms. The normalized spacial score (nSPS) is 10.9. The zero-order valence-corrected chi connectivity index (χ0v) is 7.33. The highest BCUT2D eigenvalue weighted by Crippen LogP contribution is 2.25. The van der Waals surface area contributed by atoms with Gasteiger partial charge < -0.3 is 0 Å². The Hall–Kier alpha value is 0.766. The van der Waals surface area contributed by atoms with Crippen LogP contribution in [-0.4, -0.2) is 20.4 Å². The largest absolute Gasteiger partial charge is 0.368 e. The second kappa shape index (κ2) is 2.93. The zero-order valence-electron chi connectivity index (χ0n) is 5.91. The molecule has 0 saturated heterocycles. The average molecular weight is 110 g/mol. The third-order valence-corrected chi connectivity index (χ3v) is 4.33. The molecule has 0 aromatic heterocycles. The van der Waals surface area contributed by atoms with Crippen molar-refractivity contribution in [3.63, 3.8) is 0 Å². The second-order valence-corrected chi connectivity index (χ2v) is 5.49. The van der Waals surface area contributed by atoms with Gasteiger partial charge in [-0.15, -0.1) is 3.54 Å². The highest BCUT2D eigenvalue weighted by molar-refractivity contribution is 6.37. The van der Waals surface area contributed by atoms with Crippen molar-refractivity contribution in [1.29, 1.82) is 0 Å². The molecule has 0 bridgehead atoms. The number of hydrogen-bond acceptors (Lipinski definition) is 0. The lowest BCUT2D eigenvalue weighted by Crippen LogP contribution is -2.06. The maximum absolute atomic E-state index is 2.38. The van der Waals surface area contributed by atoms with Gasteiger partial charge in [0.1, 0.15) is 0 Å². The Morgan fingerprint density at radius 2 is 1.86 bits per heavy atom. The van der Waals surface area contributed by atoms with Crippen LogP contribution in [0.4, 0.5) is 0 Å². The predicted molar refractivity (Wildman–Crippen MR) is 35.9 cm³/mol. The lowest BCUT2D eigenvalue weighted by Gasteiger charge is -2.18. The van der Waals surface area contributed by atoms with Crippen molar-refractivity contribution in [2.45, 2.75) is 35.8 Å². The molecule has 0 aliphatic carbocycles. The van der Waals surface area contributed by atoms with Crippen molar-refractivity contribution in [1.82, 2.24) is 0 Å². The monoisotopic (exact) mass is 110 g/mol. The van der Waals surface area contributed by atoms with Gasteiger partial charge in [-0.1, -0.05) is 27.2 Å². The van der Waals surface area contributed by atoms with E-state index in [1.54, 1.807) is 0 Å². The topological polar surface area (TPSA) is 0 Å². The van der Waals surface area contributed by atoms with Crippen LogP contribution in [0.25, 0.3) is 0 Å². The van der Waals surface area contributed by atoms with Gasteiger partial charge in [0, 0.05) is 0 Å². The fraction of sp³-hybridized carbons (Fsp3) is 1.00. The van der Waals surface area contributed by atoms with Crippen molar-refractivity contribution in [2.24, 2.45) is 0 Å². The Morgan fingerprint density at radius 1 is 1.43 bits per heavy atom. The van der Waals surface area contributed by atoms with Crippen LogP contribution in [-0.2, 0) is 0 Å². The van der Waals surface area contributed by atoms with E-state index in [0.29, 0.717) is 0 Å². The standard InChI is InChI=1S/C5H11.CH3.Mg/c1-4-5(2)3;;/h4H2,1-3H3;1H3;. The fourth-order valence-electron chi connectivity index (χ4n) is 0.250. The first-order valence-corrected chi connectivity index (χ1v) is 5.24. The molecule has 0 aromatic carbocycles. The molecular weight excluding hydrogens is 96.4 g/mol. The SMILES string of the molecule is CC[C](C)(C)[Mg][CH3]. The summed E-state index contributed by atoms with van der Waals surface area (Å²) < 4.78 is 0.722. The van der Waals surface area contributed by atoms with Crippen molar-refractivity contribution in [2.75, 3.05) is 0 Å². The van der Waals surface area contributed by atoms with Crippen molar-refractivity contribution in [3.05, 3.63) is 0 Å². The molecule has 0 heterocycles. The zero-order chi connectivity index (χ0) is 5.91. The first kappa shape index (κ1) is 7.77. The van der Waals surface area contributed by atoms with Crippen LogP contribution in [0.15, 0.2) is 0 Å². The summed E-state index contributed by atoms with van der Waals surface area (Å²) in [6.45, 7) is 6.99. The molecule has 0 fully saturated rings. The van der Waals surface area contributed by atoms with Crippen LogP contribution in [0.3, 0.4) is 0 Å². The first-order valence-electron chi connectivity index (χ1n) is 3.12. The minimum absolute atomic E-state index is 0.242. The molecule has 0 unspecified atom stereocenters. The summed E-state index contributed by atoms with van der Waals surface area (Å²) in [4.78, 5) is 0. The van der Waals surface area contributed by atoms with E-state index in [1.165, 1.54) is 6.42 Å². The van der Waals surface area contributed by atoms with Crippen molar-refractivity contribution >= 4 is 20.4 Å². The van der Waals surface area contributed by atoms with Gasteiger partial charge in [-0.05, 0) is 0 Å². The lowest BCUT2D eigenvalue weighted by atomic mass is 10.1. The molecule has 0 saturated carbocycles. The summed E-state index contributed by atoms with van der Waals surface area (Å²) in [5.41, 5.74) is 0. The van der Waals surface area contributed by atoms with Gasteiger partial charge in [0.05, 0.1) is 0 Å². The number of hydrogen-bond donors (Lipinski definition) is 0. The Balaban J connectivity index is 3.36. The number of rotatable bonds is 2. The summed E-state index contributed by atoms with van der Waals surface area (Å²) in [6.07, 6.45) is 1.36. The molecular formula is C6H14Mg. The van der Waals surface area contributed by atoms with Gasteiger partial charge in [0.15, 0.2) is 0 Å². The maximum Gasteiger partial charge on any atom is 0.368 e. The van der Waals surface area contributed by atoms with E-state index < -0.39 is 0 Å². The Kier molecular flexibility index (Phi) is 3.25. The average Bonchev–Trinajstić information content (AvgIpc) is 1.68. The van der Waals surface area contributed by atoms with Crippen molar-refractivity contribution < 1.29 is 0 Å². The quantitative estimate of drug-likeness (QED) is 0.479. The predicted octanol–water partition coefficient (Wildman–Crippen LogP) is 2.35. The molecule has 0 rings (SSSR count). The van der Waals surface area contributed by atoms with Crippen LogP contribution in [0.5, 0.6) is 0 Å². The molecule has 0 aromatic rings. The fourth-order valence-corrected chi connectivity index (χ4v) is 0.750. The highest BCUT2D eigenvalue weighted by atomic mass is 24.5. The first-order chi connectivity index (χ1) is 3.12. The summed E-state index contributed by atoms with van der Waals surface area (Å²) >= 11 is 0.242. The summed E-state index contributed by atoms with van der Waals surface area (Å²) in [5.74, 6) is 0. The van der Waals surface area contributed by atoms with E-state index in [1.807, 2.05) is 0 Å². The molecule has 0 radical (unpaired) electrons. The van der Waals surface area contributed by atoms with Crippen LogP contribution < -0.4 is 0 Å². The third-order valence-electron chi connectivity index (χ3n) is 1.91. The smallest absolute Gasteiger partial charge is 0.156 e. The minimum atomic E-state index is 0.242. The maximum atomic E-state index is 2.38. The molecule has 0 N–H and O–H groups in total. The van der Waals surface area contributed by atoms with Gasteiger partial charge in [-0.2, -0.15) is 5.05 Å². The van der Waals surface area contributed by atoms with E-state index >= 15 is 0 Å². The minimum Gasteiger partial charge on any atom is -0.156 e. The van der Waals surface area contributed by atoms with E-state index in [2.05, 4.69) is 25.8 Å². The van der Waals surface area contributed by atoms with Gasteiger partial charge in [-0.25, -0.2) is 0 Å². The molecule has 0 aliphatic rings. The van der Waals surface area contributed by atoms with Crippen LogP contribution in [0.2, 0.25) is 8.60 Å². The Labute approximate surface area is 56.4 Å². The molecule has 1 heteroatoms. The van der Waals surface area contributed by atoms with E-state index in [-0.39, 0.29) is 20.4 Å². The van der Waals surface area contributed by atoms with Crippen molar-refractivity contribution in [3.8, 4) is 0 Å². The molecule has 0 nitrogen and oxygen atoms in total. The third kappa shape index (κ3) is 3.36. The summed E-state index contributed by atoms with van der Waals surface area (Å²) in [6, 6.07) is 0. The van der Waals surface area contributed by atoms with Gasteiger partial charge in [-0.3, -0.25) is 0 Å². The summed E-state index contributed by atoms with van der Waals surface area (Å²) in [5, 5.41) is 2.38. The van der Waals surface area contributed by atoms with E-state index in [9.17, 15) is 0 Å². The molecule has 0 spiro atoms. The van der Waals surface area contributed by atoms with Gasteiger partial charge in [0.2, 0.25) is 0 Å². The van der Waals surface area contributed by atoms with E-state index in [0.717, 1.165) is 3.54 Å². The van der Waals surface area contributed by atoms with Gasteiger partial charge in [0.25, 0.3) is 0 Å². The van der Waals surface area contributed by atoms with Gasteiger partial charge >= 0.3 is 20.4 Å². The van der Waals surface area contributed by atoms with E-state index in [4.69, 9.17) is 0 Å². The molecule has 0 amide bonds. The highest BCUT2D eigenvalue weighted by Gasteiger charge is 2.12. The van der Waals surface area contributed by atoms with Crippen LogP contribution in [0.1, 0.15) is 27.2 Å². The second-order valence-electron chi connectivity index (χ2n) is 2.87. The molecule has 0 aliphatic heterocycles. The molecule has 40 valence electrons.